The first-order valence-electron chi connectivity index (χ1n) is 5.36. The lowest BCUT2D eigenvalue weighted by Gasteiger charge is -2.01. The first-order chi connectivity index (χ1) is 9.65. The molecule has 3 heterocycles. The number of nitrogens with one attached hydrogen (secondary N) is 1. The van der Waals surface area contributed by atoms with Crippen molar-refractivity contribution in [2.45, 2.75) is 0 Å². The predicted molar refractivity (Wildman–Crippen MR) is 83.6 cm³/mol. The van der Waals surface area contributed by atoms with Gasteiger partial charge in [0, 0.05) is 17.8 Å². The van der Waals surface area contributed by atoms with E-state index in [-0.39, 0.29) is 0 Å². The standard InChI is InChI=1S/C11H6Cl3N5S/c12-6-3-7(13)10(15-4-6)18-16-5-8-9(14)17-11-19(8)1-2-20-11/h1-5H,(H,15,18)/b16-5+. The highest BCUT2D eigenvalue weighted by Gasteiger charge is 2.09. The molecule has 9 heteroatoms. The van der Waals surface area contributed by atoms with Crippen LogP contribution in [0, 0.1) is 0 Å². The minimum atomic E-state index is 0.384. The molecule has 0 aliphatic rings. The minimum absolute atomic E-state index is 0.384. The second-order valence-corrected chi connectivity index (χ2v) is 5.77. The molecular weight excluding hydrogens is 341 g/mol. The molecule has 0 unspecified atom stereocenters. The Morgan fingerprint density at radius 3 is 3.00 bits per heavy atom. The molecule has 0 saturated carbocycles. The van der Waals surface area contributed by atoms with Gasteiger partial charge >= 0.3 is 0 Å². The molecule has 0 atom stereocenters. The first kappa shape index (κ1) is 13.6. The average Bonchev–Trinajstić information content (AvgIpc) is 2.94. The number of rotatable bonds is 3. The number of thiazole rings is 1. The van der Waals surface area contributed by atoms with E-state index >= 15 is 0 Å². The number of nitrogens with zero attached hydrogens (tertiary/aromatic N) is 4. The van der Waals surface area contributed by atoms with Crippen LogP contribution in [0.2, 0.25) is 15.2 Å². The zero-order chi connectivity index (χ0) is 14.1. The summed E-state index contributed by atoms with van der Waals surface area (Å²) in [6.07, 6.45) is 4.91. The molecule has 5 nitrogen and oxygen atoms in total. The second kappa shape index (κ2) is 5.57. The summed E-state index contributed by atoms with van der Waals surface area (Å²) in [7, 11) is 0. The summed E-state index contributed by atoms with van der Waals surface area (Å²) in [5.74, 6) is 0.412. The van der Waals surface area contributed by atoms with E-state index in [0.717, 1.165) is 4.96 Å². The Kier molecular flexibility index (Phi) is 3.80. The van der Waals surface area contributed by atoms with Gasteiger partial charge in [0.15, 0.2) is 15.9 Å². The van der Waals surface area contributed by atoms with E-state index in [4.69, 9.17) is 34.8 Å². The smallest absolute Gasteiger partial charge is 0.195 e. The van der Waals surface area contributed by atoms with Crippen LogP contribution < -0.4 is 5.43 Å². The summed E-state index contributed by atoms with van der Waals surface area (Å²) in [6, 6.07) is 1.58. The minimum Gasteiger partial charge on any atom is -0.288 e. The van der Waals surface area contributed by atoms with Gasteiger partial charge in [0.25, 0.3) is 0 Å². The number of halogens is 3. The van der Waals surface area contributed by atoms with Crippen LogP contribution in [-0.4, -0.2) is 20.6 Å². The van der Waals surface area contributed by atoms with Crippen molar-refractivity contribution in [2.24, 2.45) is 5.10 Å². The van der Waals surface area contributed by atoms with Gasteiger partial charge in [-0.2, -0.15) is 5.10 Å². The Morgan fingerprint density at radius 2 is 2.20 bits per heavy atom. The molecule has 0 fully saturated rings. The lowest BCUT2D eigenvalue weighted by atomic mass is 10.5. The molecule has 3 aromatic rings. The van der Waals surface area contributed by atoms with Gasteiger partial charge in [-0.15, -0.1) is 11.3 Å². The van der Waals surface area contributed by atoms with Gasteiger partial charge in [0.2, 0.25) is 0 Å². The molecule has 0 amide bonds. The molecule has 102 valence electrons. The van der Waals surface area contributed by atoms with Crippen molar-refractivity contribution < 1.29 is 0 Å². The molecule has 0 aliphatic heterocycles. The lowest BCUT2D eigenvalue weighted by molar-refractivity contribution is 1.19. The molecular formula is C11H6Cl3N5S. The van der Waals surface area contributed by atoms with Gasteiger partial charge in [-0.1, -0.05) is 34.8 Å². The highest BCUT2D eigenvalue weighted by molar-refractivity contribution is 7.15. The molecule has 20 heavy (non-hydrogen) atoms. The maximum atomic E-state index is 6.04. The van der Waals surface area contributed by atoms with Crippen LogP contribution >= 0.6 is 46.1 Å². The van der Waals surface area contributed by atoms with Crippen LogP contribution in [-0.2, 0) is 0 Å². The van der Waals surface area contributed by atoms with Crippen molar-refractivity contribution in [3.63, 3.8) is 0 Å². The third kappa shape index (κ3) is 2.60. The third-order valence-electron chi connectivity index (χ3n) is 2.42. The Hall–Kier alpha value is -1.34. The van der Waals surface area contributed by atoms with Crippen molar-refractivity contribution in [3.05, 3.63) is 44.7 Å². The summed E-state index contributed by atoms with van der Waals surface area (Å²) < 4.78 is 1.84. The van der Waals surface area contributed by atoms with Crippen LogP contribution in [0.1, 0.15) is 5.69 Å². The number of aromatic nitrogens is 3. The van der Waals surface area contributed by atoms with Crippen LogP contribution in [0.25, 0.3) is 4.96 Å². The largest absolute Gasteiger partial charge is 0.288 e. The van der Waals surface area contributed by atoms with Crippen molar-refractivity contribution in [3.8, 4) is 0 Å². The van der Waals surface area contributed by atoms with Gasteiger partial charge < -0.3 is 0 Å². The van der Waals surface area contributed by atoms with Crippen molar-refractivity contribution in [1.82, 2.24) is 14.4 Å². The van der Waals surface area contributed by atoms with E-state index in [1.807, 2.05) is 16.0 Å². The van der Waals surface area contributed by atoms with Gasteiger partial charge in [0.05, 0.1) is 16.3 Å². The molecule has 3 aromatic heterocycles. The van der Waals surface area contributed by atoms with Crippen LogP contribution in [0.15, 0.2) is 28.9 Å². The zero-order valence-electron chi connectivity index (χ0n) is 9.72. The molecule has 1 N–H and O–H groups in total. The van der Waals surface area contributed by atoms with E-state index in [1.165, 1.54) is 17.5 Å². The monoisotopic (exact) mass is 345 g/mol. The molecule has 0 aliphatic carbocycles. The van der Waals surface area contributed by atoms with Gasteiger partial charge in [-0.25, -0.2) is 9.97 Å². The van der Waals surface area contributed by atoms with Crippen molar-refractivity contribution >= 4 is 63.1 Å². The van der Waals surface area contributed by atoms with E-state index in [2.05, 4.69) is 20.5 Å². The molecule has 0 saturated heterocycles. The number of fused-ring (bicyclic) bond motifs is 1. The second-order valence-electron chi connectivity index (χ2n) is 3.70. The summed E-state index contributed by atoms with van der Waals surface area (Å²) in [5, 5.41) is 7.21. The molecule has 0 spiro atoms. The van der Waals surface area contributed by atoms with Crippen LogP contribution in [0.3, 0.4) is 0 Å². The molecule has 0 bridgehead atoms. The van der Waals surface area contributed by atoms with E-state index in [0.29, 0.717) is 26.7 Å². The Labute approximate surface area is 132 Å². The fourth-order valence-electron chi connectivity index (χ4n) is 1.54. The number of hydrogen-bond donors (Lipinski definition) is 1. The number of hydrogen-bond acceptors (Lipinski definition) is 5. The molecule has 0 aromatic carbocycles. The van der Waals surface area contributed by atoms with Crippen molar-refractivity contribution in [2.75, 3.05) is 5.43 Å². The lowest BCUT2D eigenvalue weighted by Crippen LogP contribution is -1.96. The summed E-state index contributed by atoms with van der Waals surface area (Å²) in [6.45, 7) is 0. The fourth-order valence-corrected chi connectivity index (χ4v) is 2.96. The average molecular weight is 347 g/mol. The van der Waals surface area contributed by atoms with Gasteiger partial charge in [0.1, 0.15) is 5.69 Å². The van der Waals surface area contributed by atoms with Gasteiger partial charge in [-0.05, 0) is 6.07 Å². The normalized spacial score (nSPS) is 11.6. The first-order valence-corrected chi connectivity index (χ1v) is 7.37. The van der Waals surface area contributed by atoms with E-state index < -0.39 is 0 Å². The number of pyridine rings is 1. The third-order valence-corrected chi connectivity index (χ3v) is 3.95. The quantitative estimate of drug-likeness (QED) is 0.571. The SMILES string of the molecule is Clc1cnc(N/N=C/c2c(Cl)nc3sccn23)c(Cl)c1. The topological polar surface area (TPSA) is 54.6 Å². The molecule has 3 rings (SSSR count). The van der Waals surface area contributed by atoms with Gasteiger partial charge in [-0.3, -0.25) is 9.83 Å². The molecule has 0 radical (unpaired) electrons. The highest BCUT2D eigenvalue weighted by atomic mass is 35.5. The van der Waals surface area contributed by atoms with Crippen LogP contribution in [0.4, 0.5) is 5.82 Å². The van der Waals surface area contributed by atoms with Crippen LogP contribution in [0.5, 0.6) is 0 Å². The highest BCUT2D eigenvalue weighted by Crippen LogP contribution is 2.23. The Balaban J connectivity index is 1.84. The predicted octanol–water partition coefficient (Wildman–Crippen LogP) is 4.20. The Morgan fingerprint density at radius 1 is 1.35 bits per heavy atom. The zero-order valence-corrected chi connectivity index (χ0v) is 12.8. The maximum Gasteiger partial charge on any atom is 0.195 e. The fraction of sp³-hybridized carbons (Fsp3) is 0. The maximum absolute atomic E-state index is 6.04. The summed E-state index contributed by atoms with van der Waals surface area (Å²) in [5.41, 5.74) is 3.41. The summed E-state index contributed by atoms with van der Waals surface area (Å²) >= 11 is 19.3. The van der Waals surface area contributed by atoms with E-state index in [1.54, 1.807) is 12.3 Å². The van der Waals surface area contributed by atoms with E-state index in [9.17, 15) is 0 Å². The summed E-state index contributed by atoms with van der Waals surface area (Å²) in [4.78, 5) is 9.03. The van der Waals surface area contributed by atoms with Crippen molar-refractivity contribution in [1.29, 1.82) is 0 Å². The number of hydrazone groups is 1. The number of imidazole rings is 1. The Bertz CT molecular complexity index is 795. The number of anilines is 1.